The highest BCUT2D eigenvalue weighted by atomic mass is 32.2. The van der Waals surface area contributed by atoms with Gasteiger partial charge < -0.3 is 4.98 Å². The van der Waals surface area contributed by atoms with Gasteiger partial charge >= 0.3 is 4.87 Å². The van der Waals surface area contributed by atoms with Gasteiger partial charge in [-0.2, -0.15) is 0 Å². The highest BCUT2D eigenvalue weighted by Crippen LogP contribution is 2.17. The monoisotopic (exact) mass is 250 g/mol. The van der Waals surface area contributed by atoms with E-state index >= 15 is 0 Å². The minimum Gasteiger partial charge on any atom is -0.315 e. The van der Waals surface area contributed by atoms with Crippen LogP contribution in [0.15, 0.2) is 9.00 Å². The predicted molar refractivity (Wildman–Crippen MR) is 59.8 cm³/mol. The van der Waals surface area contributed by atoms with Crippen molar-refractivity contribution in [3.63, 3.8) is 0 Å². The molecule has 0 fully saturated rings. The zero-order chi connectivity index (χ0) is 11.9. The fourth-order valence-electron chi connectivity index (χ4n) is 1.10. The number of aromatic nitrogens is 1. The second-order valence-corrected chi connectivity index (χ2v) is 7.14. The van der Waals surface area contributed by atoms with E-state index in [1.165, 1.54) is 0 Å². The lowest BCUT2D eigenvalue weighted by atomic mass is 10.1. The van der Waals surface area contributed by atoms with Crippen molar-refractivity contribution < 1.29 is 8.42 Å². The quantitative estimate of drug-likeness (QED) is 0.815. The van der Waals surface area contributed by atoms with Gasteiger partial charge in [0, 0.05) is 11.2 Å². The van der Waals surface area contributed by atoms with E-state index in [0.717, 1.165) is 0 Å². The van der Waals surface area contributed by atoms with Crippen LogP contribution in [0.4, 0.5) is 0 Å². The summed E-state index contributed by atoms with van der Waals surface area (Å²) in [6.07, 6.45) is 0. The van der Waals surface area contributed by atoms with Crippen molar-refractivity contribution >= 4 is 21.4 Å². The first-order valence-electron chi connectivity index (χ1n) is 4.35. The number of rotatable bonds is 2. The normalized spacial score (nSPS) is 13.1. The van der Waals surface area contributed by atoms with Crippen LogP contribution < -0.4 is 9.60 Å². The zero-order valence-electron chi connectivity index (χ0n) is 9.04. The van der Waals surface area contributed by atoms with E-state index < -0.39 is 15.6 Å². The Bertz CT molecular complexity index is 505. The summed E-state index contributed by atoms with van der Waals surface area (Å²) in [4.78, 5) is 13.1. The SMILES string of the molecule is Cc1[nH]c(=O)sc1S(=O)(=O)NC(C)(C)C. The Balaban J connectivity index is 3.18. The molecule has 86 valence electrons. The molecule has 15 heavy (non-hydrogen) atoms. The summed E-state index contributed by atoms with van der Waals surface area (Å²) in [5.41, 5.74) is -0.181. The first-order valence-corrected chi connectivity index (χ1v) is 6.65. The van der Waals surface area contributed by atoms with Gasteiger partial charge in [-0.25, -0.2) is 13.1 Å². The van der Waals surface area contributed by atoms with Crippen molar-refractivity contribution in [3.05, 3.63) is 15.4 Å². The predicted octanol–water partition coefficient (Wildman–Crippen LogP) is 0.822. The average molecular weight is 250 g/mol. The number of thiazole rings is 1. The topological polar surface area (TPSA) is 79.0 Å². The molecule has 0 bridgehead atoms. The molecule has 0 saturated heterocycles. The van der Waals surface area contributed by atoms with Gasteiger partial charge in [0.2, 0.25) is 0 Å². The van der Waals surface area contributed by atoms with Crippen LogP contribution in [-0.4, -0.2) is 18.9 Å². The number of aryl methyl sites for hydroxylation is 1. The second-order valence-electron chi connectivity index (χ2n) is 4.28. The fourth-order valence-corrected chi connectivity index (χ4v) is 3.82. The molecule has 7 heteroatoms. The summed E-state index contributed by atoms with van der Waals surface area (Å²) < 4.78 is 26.2. The van der Waals surface area contributed by atoms with Gasteiger partial charge in [0.25, 0.3) is 10.0 Å². The Morgan fingerprint density at radius 2 is 1.87 bits per heavy atom. The minimum absolute atomic E-state index is 0.0578. The van der Waals surface area contributed by atoms with Gasteiger partial charge in [0.15, 0.2) is 4.21 Å². The molecule has 1 aromatic heterocycles. The molecule has 0 saturated carbocycles. The van der Waals surface area contributed by atoms with Gasteiger partial charge in [0.1, 0.15) is 0 Å². The number of hydrogen-bond donors (Lipinski definition) is 2. The highest BCUT2D eigenvalue weighted by Gasteiger charge is 2.25. The van der Waals surface area contributed by atoms with Crippen LogP contribution >= 0.6 is 11.3 Å². The maximum absolute atomic E-state index is 11.8. The third-order valence-corrected chi connectivity index (χ3v) is 4.83. The number of hydrogen-bond acceptors (Lipinski definition) is 4. The lowest BCUT2D eigenvalue weighted by Gasteiger charge is -2.19. The van der Waals surface area contributed by atoms with E-state index in [4.69, 9.17) is 0 Å². The molecule has 0 aromatic carbocycles. The molecule has 1 aromatic rings. The van der Waals surface area contributed by atoms with Crippen LogP contribution in [0.25, 0.3) is 0 Å². The average Bonchev–Trinajstić information content (AvgIpc) is 2.24. The molecule has 2 N–H and O–H groups in total. The Morgan fingerprint density at radius 1 is 1.33 bits per heavy atom. The van der Waals surface area contributed by atoms with Crippen molar-refractivity contribution in [1.82, 2.24) is 9.71 Å². The van der Waals surface area contributed by atoms with Crippen molar-refractivity contribution in [2.24, 2.45) is 0 Å². The maximum Gasteiger partial charge on any atom is 0.305 e. The summed E-state index contributed by atoms with van der Waals surface area (Å²) in [7, 11) is -3.59. The van der Waals surface area contributed by atoms with Crippen LogP contribution in [0.5, 0.6) is 0 Å². The number of sulfonamides is 1. The molecular formula is C8H14N2O3S2. The number of aromatic amines is 1. The highest BCUT2D eigenvalue weighted by molar-refractivity contribution is 7.91. The lowest BCUT2D eigenvalue weighted by Crippen LogP contribution is -2.40. The molecule has 0 spiro atoms. The third kappa shape index (κ3) is 3.15. The Kier molecular flexibility index (Phi) is 3.09. The summed E-state index contributed by atoms with van der Waals surface area (Å²) in [6, 6.07) is 0. The molecule has 0 aliphatic rings. The van der Waals surface area contributed by atoms with Gasteiger partial charge in [-0.05, 0) is 27.7 Å². The van der Waals surface area contributed by atoms with Crippen molar-refractivity contribution in [1.29, 1.82) is 0 Å². The summed E-state index contributed by atoms with van der Waals surface area (Å²) >= 11 is 0.700. The van der Waals surface area contributed by atoms with Gasteiger partial charge in [-0.3, -0.25) is 4.79 Å². The molecule has 0 radical (unpaired) electrons. The fraction of sp³-hybridized carbons (Fsp3) is 0.625. The van der Waals surface area contributed by atoms with Gasteiger partial charge in [0.05, 0.1) is 0 Å². The van der Waals surface area contributed by atoms with E-state index in [9.17, 15) is 13.2 Å². The summed E-state index contributed by atoms with van der Waals surface area (Å²) in [6.45, 7) is 6.80. The number of nitrogens with one attached hydrogen (secondary N) is 2. The van der Waals surface area contributed by atoms with E-state index in [0.29, 0.717) is 17.0 Å². The van der Waals surface area contributed by atoms with E-state index in [1.807, 2.05) is 0 Å². The summed E-state index contributed by atoms with van der Waals surface area (Å²) in [5, 5.41) is 0. The van der Waals surface area contributed by atoms with Crippen LogP contribution in [0, 0.1) is 6.92 Å². The Labute approximate surface area is 92.6 Å². The molecule has 0 atom stereocenters. The maximum atomic E-state index is 11.8. The smallest absolute Gasteiger partial charge is 0.305 e. The zero-order valence-corrected chi connectivity index (χ0v) is 10.7. The van der Waals surface area contributed by atoms with Crippen molar-refractivity contribution in [3.8, 4) is 0 Å². The van der Waals surface area contributed by atoms with Crippen molar-refractivity contribution in [2.75, 3.05) is 0 Å². The molecule has 5 nitrogen and oxygen atoms in total. The van der Waals surface area contributed by atoms with E-state index in [2.05, 4.69) is 9.71 Å². The van der Waals surface area contributed by atoms with E-state index in [1.54, 1.807) is 27.7 Å². The molecule has 0 aliphatic carbocycles. The molecular weight excluding hydrogens is 236 g/mol. The van der Waals surface area contributed by atoms with Crippen LogP contribution in [-0.2, 0) is 10.0 Å². The molecule has 0 amide bonds. The molecule has 0 aliphatic heterocycles. The second kappa shape index (κ2) is 3.73. The largest absolute Gasteiger partial charge is 0.315 e. The standard InChI is InChI=1S/C8H14N2O3S2/c1-5-6(14-7(11)9-5)15(12,13)10-8(2,3)4/h10H,1-4H3,(H,9,11). The van der Waals surface area contributed by atoms with Gasteiger partial charge in [-0.1, -0.05) is 11.3 Å². The Morgan fingerprint density at radius 3 is 2.20 bits per heavy atom. The first kappa shape index (κ1) is 12.4. The molecule has 1 heterocycles. The van der Waals surface area contributed by atoms with Crippen molar-refractivity contribution in [2.45, 2.75) is 37.4 Å². The Hall–Kier alpha value is -0.660. The van der Waals surface area contributed by atoms with Crippen LogP contribution in [0.2, 0.25) is 0 Å². The minimum atomic E-state index is -3.59. The van der Waals surface area contributed by atoms with Crippen LogP contribution in [0.3, 0.4) is 0 Å². The number of H-pyrrole nitrogens is 1. The first-order chi connectivity index (χ1) is 6.62. The van der Waals surface area contributed by atoms with Crippen LogP contribution in [0.1, 0.15) is 26.5 Å². The molecule has 0 unspecified atom stereocenters. The third-order valence-electron chi connectivity index (χ3n) is 1.47. The molecule has 1 rings (SSSR count). The van der Waals surface area contributed by atoms with E-state index in [-0.39, 0.29) is 9.08 Å². The lowest BCUT2D eigenvalue weighted by molar-refractivity contribution is 0.492. The van der Waals surface area contributed by atoms with Gasteiger partial charge in [-0.15, -0.1) is 0 Å². The summed E-state index contributed by atoms with van der Waals surface area (Å²) in [5.74, 6) is 0.